The average molecular weight is 298 g/mol. The zero-order valence-electron chi connectivity index (χ0n) is 11.5. The Balaban J connectivity index is 1.89. The third-order valence-corrected chi connectivity index (χ3v) is 3.21. The largest absolute Gasteiger partial charge is 0.369 e. The Kier molecular flexibility index (Phi) is 3.10. The van der Waals surface area contributed by atoms with E-state index in [1.807, 2.05) is 0 Å². The van der Waals surface area contributed by atoms with Crippen LogP contribution in [0.2, 0.25) is 0 Å². The Bertz CT molecular complexity index is 833. The van der Waals surface area contributed by atoms with Gasteiger partial charge in [0.05, 0.1) is 11.1 Å². The van der Waals surface area contributed by atoms with Gasteiger partial charge in [0.25, 0.3) is 17.4 Å². The summed E-state index contributed by atoms with van der Waals surface area (Å²) in [6.07, 6.45) is 0. The lowest BCUT2D eigenvalue weighted by Gasteiger charge is -2.12. The van der Waals surface area contributed by atoms with Gasteiger partial charge in [-0.1, -0.05) is 17.2 Å². The number of hydrogen-bond acceptors (Lipinski definition) is 5. The molecule has 0 spiro atoms. The van der Waals surface area contributed by atoms with Gasteiger partial charge in [0.2, 0.25) is 0 Å². The van der Waals surface area contributed by atoms with E-state index in [-0.39, 0.29) is 16.7 Å². The Labute approximate surface area is 124 Å². The van der Waals surface area contributed by atoms with Crippen molar-refractivity contribution < 1.29 is 19.2 Å². The van der Waals surface area contributed by atoms with Gasteiger partial charge in [-0.05, 0) is 31.2 Å². The van der Waals surface area contributed by atoms with Crippen molar-refractivity contribution in [2.75, 3.05) is 0 Å². The fourth-order valence-electron chi connectivity index (χ4n) is 2.11. The molecular formula is C15H10N2O5. The number of nitrogens with one attached hydrogen (secondary N) is 1. The van der Waals surface area contributed by atoms with E-state index >= 15 is 0 Å². The lowest BCUT2D eigenvalue weighted by Crippen LogP contribution is -2.34. The Morgan fingerprint density at radius 1 is 1.00 bits per heavy atom. The molecule has 0 bridgehead atoms. The number of H-pyrrole nitrogens is 1. The molecule has 0 radical (unpaired) electrons. The number of hydroxylamine groups is 2. The topological polar surface area (TPSA) is 96.5 Å². The lowest BCUT2D eigenvalue weighted by atomic mass is 10.1. The molecule has 7 nitrogen and oxygen atoms in total. The van der Waals surface area contributed by atoms with Crippen molar-refractivity contribution in [2.24, 2.45) is 0 Å². The van der Waals surface area contributed by atoms with Crippen LogP contribution in [-0.4, -0.2) is 27.8 Å². The first-order valence-electron chi connectivity index (χ1n) is 6.39. The maximum Gasteiger partial charge on any atom is 0.369 e. The number of carbonyl (C=O) groups excluding carboxylic acids is 3. The highest BCUT2D eigenvalue weighted by atomic mass is 16.7. The van der Waals surface area contributed by atoms with Crippen LogP contribution in [0.25, 0.3) is 0 Å². The standard InChI is InChI=1S/C15H10N2O5/c1-8-6-7-11(12(18)16-8)15(21)22-17-13(19)9-4-2-3-5-10(9)14(17)20/h2-7H,1H3,(H,16,18). The van der Waals surface area contributed by atoms with Crippen LogP contribution in [0.15, 0.2) is 41.2 Å². The molecule has 1 aromatic heterocycles. The van der Waals surface area contributed by atoms with Gasteiger partial charge in [-0.25, -0.2) is 4.79 Å². The maximum atomic E-state index is 12.1. The zero-order chi connectivity index (χ0) is 15.9. The first kappa shape index (κ1) is 13.7. The van der Waals surface area contributed by atoms with Crippen molar-refractivity contribution in [3.05, 3.63) is 69.1 Å². The highest BCUT2D eigenvalue weighted by Gasteiger charge is 2.39. The summed E-state index contributed by atoms with van der Waals surface area (Å²) < 4.78 is 0. The molecular weight excluding hydrogens is 288 g/mol. The second kappa shape index (κ2) is 4.96. The molecule has 2 amide bonds. The van der Waals surface area contributed by atoms with Crippen LogP contribution in [0.4, 0.5) is 0 Å². The summed E-state index contributed by atoms with van der Waals surface area (Å²) in [4.78, 5) is 55.0. The van der Waals surface area contributed by atoms with Crippen molar-refractivity contribution >= 4 is 17.8 Å². The molecule has 1 aliphatic heterocycles. The first-order chi connectivity index (χ1) is 10.5. The van der Waals surface area contributed by atoms with E-state index < -0.39 is 23.3 Å². The number of aromatic amines is 1. The fraction of sp³-hybridized carbons (Fsp3) is 0.0667. The number of hydrogen-bond donors (Lipinski definition) is 1. The number of rotatable bonds is 2. The predicted octanol–water partition coefficient (Wildman–Crippen LogP) is 1.05. The van der Waals surface area contributed by atoms with Gasteiger partial charge in [-0.3, -0.25) is 14.4 Å². The van der Waals surface area contributed by atoms with Crippen LogP contribution < -0.4 is 5.56 Å². The van der Waals surface area contributed by atoms with Gasteiger partial charge in [-0.15, -0.1) is 0 Å². The molecule has 1 aromatic carbocycles. The minimum atomic E-state index is -1.07. The smallest absolute Gasteiger partial charge is 0.326 e. The molecule has 0 fully saturated rings. The van der Waals surface area contributed by atoms with E-state index in [1.54, 1.807) is 19.1 Å². The van der Waals surface area contributed by atoms with Crippen molar-refractivity contribution in [1.82, 2.24) is 10.0 Å². The Hall–Kier alpha value is -3.22. The molecule has 0 aliphatic carbocycles. The maximum absolute atomic E-state index is 12.1. The summed E-state index contributed by atoms with van der Waals surface area (Å²) in [5.41, 5.74) is -0.0673. The van der Waals surface area contributed by atoms with Gasteiger partial charge in [0, 0.05) is 5.69 Å². The molecule has 2 aromatic rings. The Morgan fingerprint density at radius 3 is 2.14 bits per heavy atom. The molecule has 3 rings (SSSR count). The summed E-state index contributed by atoms with van der Waals surface area (Å²) in [6.45, 7) is 1.65. The normalized spacial score (nSPS) is 13.2. The van der Waals surface area contributed by atoms with E-state index in [9.17, 15) is 19.2 Å². The van der Waals surface area contributed by atoms with Crippen molar-refractivity contribution in [3.63, 3.8) is 0 Å². The molecule has 2 heterocycles. The van der Waals surface area contributed by atoms with Crippen LogP contribution >= 0.6 is 0 Å². The summed E-state index contributed by atoms with van der Waals surface area (Å²) in [5.74, 6) is -2.55. The van der Waals surface area contributed by atoms with Crippen LogP contribution in [0.1, 0.15) is 36.8 Å². The number of aryl methyl sites for hydroxylation is 1. The number of nitrogens with zero attached hydrogens (tertiary/aromatic N) is 1. The minimum Gasteiger partial charge on any atom is -0.326 e. The lowest BCUT2D eigenvalue weighted by molar-refractivity contribution is -0.0585. The number of benzene rings is 1. The van der Waals surface area contributed by atoms with Crippen LogP contribution in [-0.2, 0) is 4.84 Å². The summed E-state index contributed by atoms with van der Waals surface area (Å²) in [5, 5.41) is 0.367. The van der Waals surface area contributed by atoms with Gasteiger partial charge < -0.3 is 9.82 Å². The predicted molar refractivity (Wildman–Crippen MR) is 74.2 cm³/mol. The number of pyridine rings is 1. The molecule has 0 saturated heterocycles. The third-order valence-electron chi connectivity index (χ3n) is 3.21. The number of carbonyl (C=O) groups is 3. The van der Waals surface area contributed by atoms with E-state index in [1.165, 1.54) is 24.3 Å². The average Bonchev–Trinajstić information content (AvgIpc) is 2.73. The second-order valence-corrected chi connectivity index (χ2v) is 4.71. The number of aromatic nitrogens is 1. The molecule has 0 saturated carbocycles. The fourth-order valence-corrected chi connectivity index (χ4v) is 2.11. The molecule has 1 N–H and O–H groups in total. The molecule has 0 unspecified atom stereocenters. The minimum absolute atomic E-state index is 0.151. The van der Waals surface area contributed by atoms with Gasteiger partial charge in [-0.2, -0.15) is 0 Å². The van der Waals surface area contributed by atoms with Gasteiger partial charge in [0.1, 0.15) is 5.56 Å². The summed E-state index contributed by atoms with van der Waals surface area (Å²) >= 11 is 0. The van der Waals surface area contributed by atoms with E-state index in [0.29, 0.717) is 10.8 Å². The van der Waals surface area contributed by atoms with E-state index in [2.05, 4.69) is 4.98 Å². The molecule has 7 heteroatoms. The van der Waals surface area contributed by atoms with E-state index in [0.717, 1.165) is 0 Å². The summed E-state index contributed by atoms with van der Waals surface area (Å²) in [6, 6.07) is 8.90. The van der Waals surface area contributed by atoms with Crippen LogP contribution in [0, 0.1) is 6.92 Å². The number of imide groups is 1. The van der Waals surface area contributed by atoms with Crippen molar-refractivity contribution in [2.45, 2.75) is 6.92 Å². The van der Waals surface area contributed by atoms with Crippen molar-refractivity contribution in [1.29, 1.82) is 0 Å². The molecule has 1 aliphatic rings. The van der Waals surface area contributed by atoms with Gasteiger partial charge in [0.15, 0.2) is 0 Å². The monoisotopic (exact) mass is 298 g/mol. The third kappa shape index (κ3) is 2.08. The molecule has 0 atom stereocenters. The Morgan fingerprint density at radius 2 is 1.59 bits per heavy atom. The summed E-state index contributed by atoms with van der Waals surface area (Å²) in [7, 11) is 0. The SMILES string of the molecule is Cc1ccc(C(=O)ON2C(=O)c3ccccc3C2=O)c(=O)[nH]1. The molecule has 22 heavy (non-hydrogen) atoms. The highest BCUT2D eigenvalue weighted by molar-refractivity contribution is 6.21. The van der Waals surface area contributed by atoms with Crippen LogP contribution in [0.3, 0.4) is 0 Å². The second-order valence-electron chi connectivity index (χ2n) is 4.71. The first-order valence-corrected chi connectivity index (χ1v) is 6.39. The van der Waals surface area contributed by atoms with Crippen molar-refractivity contribution in [3.8, 4) is 0 Å². The molecule has 110 valence electrons. The van der Waals surface area contributed by atoms with Crippen LogP contribution in [0.5, 0.6) is 0 Å². The van der Waals surface area contributed by atoms with Gasteiger partial charge >= 0.3 is 5.97 Å². The number of fused-ring (bicyclic) bond motifs is 1. The zero-order valence-corrected chi connectivity index (χ0v) is 11.5. The van der Waals surface area contributed by atoms with E-state index in [4.69, 9.17) is 4.84 Å². The quantitative estimate of drug-likeness (QED) is 0.836. The highest BCUT2D eigenvalue weighted by Crippen LogP contribution is 2.22. The number of amides is 2.